The highest BCUT2D eigenvalue weighted by molar-refractivity contribution is 5.94. The molecule has 37 heavy (non-hydrogen) atoms. The lowest BCUT2D eigenvalue weighted by Crippen LogP contribution is -2.56. The van der Waals surface area contributed by atoms with Crippen LogP contribution in [0.4, 0.5) is 5.69 Å². The summed E-state index contributed by atoms with van der Waals surface area (Å²) in [5.74, 6) is -3.16. The first-order valence-electron chi connectivity index (χ1n) is 11.6. The maximum atomic E-state index is 13.3. The van der Waals surface area contributed by atoms with Crippen LogP contribution in [-0.2, 0) is 25.6 Å². The molecule has 0 aliphatic carbocycles. The van der Waals surface area contributed by atoms with E-state index in [-0.39, 0.29) is 44.1 Å². The van der Waals surface area contributed by atoms with Crippen LogP contribution in [0.5, 0.6) is 0 Å². The normalized spacial score (nSPS) is 16.4. The van der Waals surface area contributed by atoms with Crippen LogP contribution < -0.4 is 27.8 Å². The molecular formula is C22H32N8O7. The molecule has 2 rings (SSSR count). The number of hydrogen-bond acceptors (Lipinski definition) is 8. The average Bonchev–Trinajstić information content (AvgIpc) is 3.35. The molecule has 9 N–H and O–H groups in total. The van der Waals surface area contributed by atoms with Crippen LogP contribution >= 0.6 is 0 Å². The maximum absolute atomic E-state index is 13.3. The number of rotatable bonds is 13. The lowest BCUT2D eigenvalue weighted by molar-refractivity contribution is -0.384. The quantitative estimate of drug-likeness (QED) is 0.0559. The molecule has 0 saturated carbocycles. The van der Waals surface area contributed by atoms with E-state index >= 15 is 0 Å². The lowest BCUT2D eigenvalue weighted by atomic mass is 10.0. The minimum Gasteiger partial charge on any atom is -0.480 e. The van der Waals surface area contributed by atoms with Gasteiger partial charge in [0.05, 0.1) is 11.5 Å². The second kappa shape index (κ2) is 13.7. The Labute approximate surface area is 212 Å². The summed E-state index contributed by atoms with van der Waals surface area (Å²) in [4.78, 5) is 65.5. The molecule has 15 nitrogen and oxygen atoms in total. The Hall–Kier alpha value is -4.27. The van der Waals surface area contributed by atoms with Gasteiger partial charge in [-0.3, -0.25) is 29.5 Å². The molecule has 202 valence electrons. The summed E-state index contributed by atoms with van der Waals surface area (Å²) in [6.07, 6.45) is 1.19. The van der Waals surface area contributed by atoms with Crippen molar-refractivity contribution in [1.82, 2.24) is 15.5 Å². The van der Waals surface area contributed by atoms with E-state index in [0.29, 0.717) is 24.8 Å². The number of benzene rings is 1. The van der Waals surface area contributed by atoms with Gasteiger partial charge < -0.3 is 37.8 Å². The van der Waals surface area contributed by atoms with Crippen molar-refractivity contribution >= 4 is 35.3 Å². The molecule has 0 unspecified atom stereocenters. The van der Waals surface area contributed by atoms with Crippen molar-refractivity contribution in [3.05, 3.63) is 39.9 Å². The van der Waals surface area contributed by atoms with Gasteiger partial charge in [-0.05, 0) is 31.2 Å². The molecule has 0 bridgehead atoms. The predicted octanol–water partition coefficient (Wildman–Crippen LogP) is -1.81. The molecule has 3 atom stereocenters. The molecule has 1 aliphatic heterocycles. The number of nitrogens with zero attached hydrogens (tertiary/aromatic N) is 3. The van der Waals surface area contributed by atoms with Crippen LogP contribution in [0.25, 0.3) is 0 Å². The number of nitro groups is 1. The van der Waals surface area contributed by atoms with Crippen LogP contribution in [-0.4, -0.2) is 82.3 Å². The number of nitrogens with one attached hydrogen (secondary N) is 2. The Kier molecular flexibility index (Phi) is 10.7. The second-order valence-electron chi connectivity index (χ2n) is 8.49. The minimum absolute atomic E-state index is 0.0358. The Balaban J connectivity index is 2.23. The number of carboxylic acids is 1. The molecule has 0 radical (unpaired) electrons. The lowest BCUT2D eigenvalue weighted by Gasteiger charge is -2.28. The van der Waals surface area contributed by atoms with E-state index in [1.807, 2.05) is 0 Å². The number of carbonyl (C=O) groups excluding carboxylic acids is 3. The number of amides is 3. The van der Waals surface area contributed by atoms with E-state index in [2.05, 4.69) is 15.6 Å². The van der Waals surface area contributed by atoms with Crippen molar-refractivity contribution in [2.75, 3.05) is 19.6 Å². The van der Waals surface area contributed by atoms with Crippen LogP contribution in [0.2, 0.25) is 0 Å². The Morgan fingerprint density at radius 1 is 1.16 bits per heavy atom. The Bertz CT molecular complexity index is 1030. The summed E-state index contributed by atoms with van der Waals surface area (Å²) in [5.41, 5.74) is 16.4. The number of carboxylic acid groups (broad SMARTS) is 1. The summed E-state index contributed by atoms with van der Waals surface area (Å²) in [6, 6.07) is 2.18. The van der Waals surface area contributed by atoms with Crippen molar-refractivity contribution in [1.29, 1.82) is 0 Å². The third kappa shape index (κ3) is 8.71. The van der Waals surface area contributed by atoms with Gasteiger partial charge in [0.2, 0.25) is 17.7 Å². The van der Waals surface area contributed by atoms with E-state index in [1.165, 1.54) is 29.2 Å². The summed E-state index contributed by atoms with van der Waals surface area (Å²) < 4.78 is 0. The molecule has 1 aromatic rings. The number of likely N-dealkylation sites (tertiary alicyclic amines) is 1. The summed E-state index contributed by atoms with van der Waals surface area (Å²) in [5, 5.41) is 25.5. The number of hydrogen-bond donors (Lipinski definition) is 6. The number of nitro benzene ring substituents is 1. The Morgan fingerprint density at radius 2 is 1.84 bits per heavy atom. The van der Waals surface area contributed by atoms with Gasteiger partial charge in [0, 0.05) is 31.6 Å². The van der Waals surface area contributed by atoms with Gasteiger partial charge in [-0.15, -0.1) is 0 Å². The van der Waals surface area contributed by atoms with E-state index < -0.39 is 46.7 Å². The van der Waals surface area contributed by atoms with Gasteiger partial charge in [-0.2, -0.15) is 0 Å². The van der Waals surface area contributed by atoms with Crippen LogP contribution in [0.3, 0.4) is 0 Å². The molecule has 1 fully saturated rings. The van der Waals surface area contributed by atoms with E-state index in [9.17, 15) is 34.4 Å². The summed E-state index contributed by atoms with van der Waals surface area (Å²) in [7, 11) is 0. The largest absolute Gasteiger partial charge is 0.480 e. The zero-order chi connectivity index (χ0) is 27.5. The van der Waals surface area contributed by atoms with Gasteiger partial charge in [-0.1, -0.05) is 12.1 Å². The number of non-ortho nitro benzene ring substituents is 1. The summed E-state index contributed by atoms with van der Waals surface area (Å²) in [6.45, 7) is 0.0195. The number of aliphatic carboxylic acids is 1. The first-order valence-corrected chi connectivity index (χ1v) is 11.6. The van der Waals surface area contributed by atoms with E-state index in [1.54, 1.807) is 0 Å². The van der Waals surface area contributed by atoms with Gasteiger partial charge >= 0.3 is 5.97 Å². The fourth-order valence-electron chi connectivity index (χ4n) is 3.97. The third-order valence-corrected chi connectivity index (χ3v) is 5.80. The van der Waals surface area contributed by atoms with Gasteiger partial charge in [0.15, 0.2) is 5.96 Å². The topological polar surface area (TPSA) is 249 Å². The molecule has 1 saturated heterocycles. The van der Waals surface area contributed by atoms with Crippen molar-refractivity contribution in [2.24, 2.45) is 22.2 Å². The number of carbonyl (C=O) groups is 4. The molecule has 1 aromatic carbocycles. The first-order chi connectivity index (χ1) is 17.5. The van der Waals surface area contributed by atoms with Crippen LogP contribution in [0.1, 0.15) is 31.2 Å². The van der Waals surface area contributed by atoms with E-state index in [4.69, 9.17) is 17.2 Å². The first kappa shape index (κ1) is 29.0. The fraction of sp³-hybridized carbons (Fsp3) is 0.500. The zero-order valence-electron chi connectivity index (χ0n) is 20.2. The van der Waals surface area contributed by atoms with Gasteiger partial charge in [0.25, 0.3) is 5.69 Å². The molecule has 1 aliphatic rings. The summed E-state index contributed by atoms with van der Waals surface area (Å²) >= 11 is 0. The zero-order valence-corrected chi connectivity index (χ0v) is 20.2. The molecular weight excluding hydrogens is 488 g/mol. The molecule has 0 spiro atoms. The van der Waals surface area contributed by atoms with Crippen molar-refractivity contribution in [3.8, 4) is 0 Å². The second-order valence-corrected chi connectivity index (χ2v) is 8.49. The third-order valence-electron chi connectivity index (χ3n) is 5.80. The van der Waals surface area contributed by atoms with Gasteiger partial charge in [0.1, 0.15) is 18.1 Å². The van der Waals surface area contributed by atoms with Crippen LogP contribution in [0, 0.1) is 10.1 Å². The standard InChI is InChI=1S/C22H32N8O7/c23-12-18(31)27-16(11-13-5-7-14(8-6-13)30(36)37)19(32)28-15(3-1-9-26-22(24)25)20(33)29-10-2-4-17(29)21(34)35/h5-8,15-17H,1-4,9-12,23H2,(H,27,31)(H,28,32)(H,34,35)(H4,24,25,26)/t15-,16-,17-/m0/s1. The number of nitrogens with two attached hydrogens (primary N) is 3. The smallest absolute Gasteiger partial charge is 0.326 e. The molecule has 3 amide bonds. The number of aliphatic imine (C=N–C) groups is 1. The fourth-order valence-corrected chi connectivity index (χ4v) is 3.97. The molecule has 15 heteroatoms. The minimum atomic E-state index is -1.15. The highest BCUT2D eigenvalue weighted by atomic mass is 16.6. The maximum Gasteiger partial charge on any atom is 0.326 e. The molecule has 0 aromatic heterocycles. The Morgan fingerprint density at radius 3 is 2.41 bits per heavy atom. The van der Waals surface area contributed by atoms with Crippen molar-refractivity contribution in [2.45, 2.75) is 50.2 Å². The number of guanidine groups is 1. The van der Waals surface area contributed by atoms with Gasteiger partial charge in [-0.25, -0.2) is 4.79 Å². The SMILES string of the molecule is NCC(=O)N[C@@H](Cc1ccc([N+](=O)[O-])cc1)C(=O)N[C@@H](CCCN=C(N)N)C(=O)N1CCC[C@H]1C(=O)O. The highest BCUT2D eigenvalue weighted by Gasteiger charge is 2.38. The van der Waals surface area contributed by atoms with Crippen molar-refractivity contribution < 1.29 is 29.2 Å². The monoisotopic (exact) mass is 520 g/mol. The van der Waals surface area contributed by atoms with E-state index in [0.717, 1.165) is 0 Å². The average molecular weight is 521 g/mol. The van der Waals surface area contributed by atoms with Crippen LogP contribution in [0.15, 0.2) is 29.3 Å². The highest BCUT2D eigenvalue weighted by Crippen LogP contribution is 2.20. The molecule has 1 heterocycles. The van der Waals surface area contributed by atoms with Crippen molar-refractivity contribution in [3.63, 3.8) is 0 Å². The predicted molar refractivity (Wildman–Crippen MR) is 132 cm³/mol.